The fourth-order valence-electron chi connectivity index (χ4n) is 2.99. The van der Waals surface area contributed by atoms with Crippen LogP contribution in [0.25, 0.3) is 0 Å². The number of hydrogen-bond donors (Lipinski definition) is 0. The summed E-state index contributed by atoms with van der Waals surface area (Å²) in [5.41, 5.74) is 2.53. The summed E-state index contributed by atoms with van der Waals surface area (Å²) in [6.45, 7) is 7.75. The highest BCUT2D eigenvalue weighted by Crippen LogP contribution is 2.25. The van der Waals surface area contributed by atoms with E-state index in [1.165, 1.54) is 0 Å². The van der Waals surface area contributed by atoms with Gasteiger partial charge in [0, 0.05) is 18.7 Å². The average molecular weight is 321 g/mol. The monoisotopic (exact) mass is 321 g/mol. The number of amidine groups is 1. The Kier molecular flexibility index (Phi) is 5.06. The lowest BCUT2D eigenvalue weighted by Crippen LogP contribution is -2.38. The molecule has 0 aromatic heterocycles. The van der Waals surface area contributed by atoms with Crippen LogP contribution in [-0.2, 0) is 0 Å². The van der Waals surface area contributed by atoms with Crippen LogP contribution in [0, 0.1) is 0 Å². The molecule has 0 unspecified atom stereocenters. The Morgan fingerprint density at radius 1 is 0.917 bits per heavy atom. The molecule has 0 saturated carbocycles. The number of nitrogens with zero attached hydrogens (tertiary/aromatic N) is 3. The summed E-state index contributed by atoms with van der Waals surface area (Å²) in [7, 11) is 0. The van der Waals surface area contributed by atoms with E-state index in [4.69, 9.17) is 4.99 Å². The van der Waals surface area contributed by atoms with Crippen molar-refractivity contribution in [1.82, 2.24) is 9.80 Å². The lowest BCUT2D eigenvalue weighted by atomic mass is 10.1. The number of benzene rings is 2. The van der Waals surface area contributed by atoms with E-state index in [2.05, 4.69) is 18.7 Å². The van der Waals surface area contributed by atoms with Crippen molar-refractivity contribution in [2.75, 3.05) is 26.2 Å². The number of likely N-dealkylation sites (N-methyl/N-ethyl adjacent to an activating group) is 1. The van der Waals surface area contributed by atoms with Gasteiger partial charge in [-0.1, -0.05) is 50.2 Å². The number of rotatable bonds is 6. The average Bonchev–Trinajstić information content (AvgIpc) is 2.89. The van der Waals surface area contributed by atoms with Gasteiger partial charge in [-0.3, -0.25) is 9.69 Å². The van der Waals surface area contributed by atoms with E-state index in [1.54, 1.807) is 0 Å². The first-order valence-electron chi connectivity index (χ1n) is 8.52. The van der Waals surface area contributed by atoms with Gasteiger partial charge in [0.15, 0.2) is 0 Å². The number of carbonyl (C=O) groups excluding carboxylic acids is 1. The van der Waals surface area contributed by atoms with Crippen LogP contribution in [0.5, 0.6) is 0 Å². The van der Waals surface area contributed by atoms with Crippen molar-refractivity contribution in [2.45, 2.75) is 13.8 Å². The first-order valence-corrected chi connectivity index (χ1v) is 8.52. The maximum Gasteiger partial charge on any atom is 0.260 e. The van der Waals surface area contributed by atoms with Crippen LogP contribution in [0.15, 0.2) is 59.6 Å². The highest BCUT2D eigenvalue weighted by Gasteiger charge is 2.33. The van der Waals surface area contributed by atoms with Crippen LogP contribution in [-0.4, -0.2) is 47.7 Å². The van der Waals surface area contributed by atoms with Gasteiger partial charge in [0.25, 0.3) is 5.91 Å². The number of hydrogen-bond acceptors (Lipinski definition) is 3. The summed E-state index contributed by atoms with van der Waals surface area (Å²) in [6.07, 6.45) is 0. The van der Waals surface area contributed by atoms with E-state index in [1.807, 2.05) is 59.5 Å². The first kappa shape index (κ1) is 16.4. The molecule has 0 atom stereocenters. The Labute approximate surface area is 143 Å². The SMILES string of the molecule is CCN(CC)CCN1C(=O)c2ccccc2C1=Nc1ccccc1. The number of carbonyl (C=O) groups is 1. The third kappa shape index (κ3) is 3.24. The third-order valence-electron chi connectivity index (χ3n) is 4.42. The molecular formula is C20H23N3O. The standard InChI is InChI=1S/C20H23N3O/c1-3-22(4-2)14-15-23-19(21-16-10-6-5-7-11-16)17-12-8-9-13-18(17)20(23)24/h5-13H,3-4,14-15H2,1-2H3. The van der Waals surface area contributed by atoms with Crippen LogP contribution in [0.4, 0.5) is 5.69 Å². The molecule has 4 heteroatoms. The van der Waals surface area contributed by atoms with Crippen LogP contribution in [0.3, 0.4) is 0 Å². The number of aliphatic imine (C=N–C) groups is 1. The molecule has 0 saturated heterocycles. The van der Waals surface area contributed by atoms with E-state index < -0.39 is 0 Å². The van der Waals surface area contributed by atoms with Crippen LogP contribution in [0.2, 0.25) is 0 Å². The second-order valence-corrected chi connectivity index (χ2v) is 5.80. The second-order valence-electron chi connectivity index (χ2n) is 5.80. The molecule has 1 aliphatic heterocycles. The number of para-hydroxylation sites is 1. The van der Waals surface area contributed by atoms with Crippen molar-refractivity contribution in [1.29, 1.82) is 0 Å². The molecule has 1 heterocycles. The minimum Gasteiger partial charge on any atom is -0.302 e. The van der Waals surface area contributed by atoms with Crippen molar-refractivity contribution in [3.05, 3.63) is 65.7 Å². The Hall–Kier alpha value is -2.46. The van der Waals surface area contributed by atoms with Crippen LogP contribution in [0.1, 0.15) is 29.8 Å². The molecule has 0 spiro atoms. The minimum atomic E-state index is 0.0486. The van der Waals surface area contributed by atoms with Gasteiger partial charge in [0.05, 0.1) is 11.3 Å². The minimum absolute atomic E-state index is 0.0486. The maximum atomic E-state index is 12.8. The predicted molar refractivity (Wildman–Crippen MR) is 97.9 cm³/mol. The predicted octanol–water partition coefficient (Wildman–Crippen LogP) is 3.56. The fraction of sp³-hybridized carbons (Fsp3) is 0.300. The Bertz CT molecular complexity index is 736. The quantitative estimate of drug-likeness (QED) is 0.815. The van der Waals surface area contributed by atoms with Gasteiger partial charge >= 0.3 is 0 Å². The second kappa shape index (κ2) is 7.41. The molecule has 3 rings (SSSR count). The summed E-state index contributed by atoms with van der Waals surface area (Å²) in [4.78, 5) is 21.7. The smallest absolute Gasteiger partial charge is 0.260 e. The van der Waals surface area contributed by atoms with Gasteiger partial charge in [0.1, 0.15) is 5.84 Å². The molecule has 1 amide bonds. The highest BCUT2D eigenvalue weighted by atomic mass is 16.2. The number of fused-ring (bicyclic) bond motifs is 1. The lowest BCUT2D eigenvalue weighted by molar-refractivity contribution is 0.0849. The van der Waals surface area contributed by atoms with Gasteiger partial charge in [-0.15, -0.1) is 0 Å². The topological polar surface area (TPSA) is 35.9 Å². The molecule has 0 N–H and O–H groups in total. The largest absolute Gasteiger partial charge is 0.302 e. The summed E-state index contributed by atoms with van der Waals surface area (Å²) in [5, 5.41) is 0. The molecule has 0 fully saturated rings. The zero-order valence-electron chi connectivity index (χ0n) is 14.3. The molecule has 0 radical (unpaired) electrons. The van der Waals surface area contributed by atoms with E-state index in [0.29, 0.717) is 6.54 Å². The zero-order chi connectivity index (χ0) is 16.9. The lowest BCUT2D eigenvalue weighted by Gasteiger charge is -2.23. The van der Waals surface area contributed by atoms with Gasteiger partial charge in [-0.05, 0) is 31.3 Å². The molecule has 2 aromatic carbocycles. The van der Waals surface area contributed by atoms with Crippen molar-refractivity contribution in [3.8, 4) is 0 Å². The zero-order valence-corrected chi connectivity index (χ0v) is 14.3. The molecular weight excluding hydrogens is 298 g/mol. The highest BCUT2D eigenvalue weighted by molar-refractivity contribution is 6.23. The van der Waals surface area contributed by atoms with E-state index in [-0.39, 0.29) is 5.91 Å². The van der Waals surface area contributed by atoms with Crippen molar-refractivity contribution in [3.63, 3.8) is 0 Å². The summed E-state index contributed by atoms with van der Waals surface area (Å²) < 4.78 is 0. The molecule has 124 valence electrons. The van der Waals surface area contributed by atoms with Gasteiger partial charge < -0.3 is 4.90 Å². The van der Waals surface area contributed by atoms with E-state index in [0.717, 1.165) is 42.3 Å². The Balaban J connectivity index is 1.94. The Morgan fingerprint density at radius 2 is 1.54 bits per heavy atom. The summed E-state index contributed by atoms with van der Waals surface area (Å²) in [6, 6.07) is 17.5. The molecule has 0 bridgehead atoms. The van der Waals surface area contributed by atoms with Crippen molar-refractivity contribution in [2.24, 2.45) is 4.99 Å². The molecule has 1 aliphatic rings. The van der Waals surface area contributed by atoms with Crippen LogP contribution < -0.4 is 0 Å². The normalized spacial score (nSPS) is 15.4. The summed E-state index contributed by atoms with van der Waals surface area (Å²) >= 11 is 0. The number of amides is 1. The Morgan fingerprint density at radius 3 is 2.21 bits per heavy atom. The van der Waals surface area contributed by atoms with Gasteiger partial charge in [0.2, 0.25) is 0 Å². The summed E-state index contributed by atoms with van der Waals surface area (Å²) in [5.74, 6) is 0.807. The van der Waals surface area contributed by atoms with Crippen molar-refractivity contribution < 1.29 is 4.79 Å². The van der Waals surface area contributed by atoms with Crippen LogP contribution >= 0.6 is 0 Å². The molecule has 4 nitrogen and oxygen atoms in total. The molecule has 24 heavy (non-hydrogen) atoms. The van der Waals surface area contributed by atoms with Crippen molar-refractivity contribution >= 4 is 17.4 Å². The molecule has 0 aliphatic carbocycles. The van der Waals surface area contributed by atoms with E-state index in [9.17, 15) is 4.79 Å². The van der Waals surface area contributed by atoms with Gasteiger partial charge in [-0.25, -0.2) is 4.99 Å². The fourth-order valence-corrected chi connectivity index (χ4v) is 2.99. The molecule has 2 aromatic rings. The maximum absolute atomic E-state index is 12.8. The third-order valence-corrected chi connectivity index (χ3v) is 4.42. The van der Waals surface area contributed by atoms with Gasteiger partial charge in [-0.2, -0.15) is 0 Å². The van der Waals surface area contributed by atoms with E-state index >= 15 is 0 Å². The first-order chi connectivity index (χ1) is 11.7.